The summed E-state index contributed by atoms with van der Waals surface area (Å²) in [4.78, 5) is 2.52. The van der Waals surface area contributed by atoms with Crippen LogP contribution in [-0.2, 0) is 0 Å². The summed E-state index contributed by atoms with van der Waals surface area (Å²) in [6.07, 6.45) is 7.17. The molecule has 1 heterocycles. The van der Waals surface area contributed by atoms with Crippen LogP contribution in [0.25, 0.3) is 0 Å². The van der Waals surface area contributed by atoms with Gasteiger partial charge in [0, 0.05) is 18.0 Å². The number of nitrogens with zero attached hydrogens (tertiary/aromatic N) is 1. The Morgan fingerprint density at radius 1 is 1.00 bits per heavy atom. The van der Waals surface area contributed by atoms with Gasteiger partial charge in [-0.25, -0.2) is 0 Å². The zero-order valence-corrected chi connectivity index (χ0v) is 18.0. The van der Waals surface area contributed by atoms with Crippen molar-refractivity contribution in [2.75, 3.05) is 13.1 Å². The van der Waals surface area contributed by atoms with Crippen LogP contribution in [0.4, 0.5) is 0 Å². The summed E-state index contributed by atoms with van der Waals surface area (Å²) in [5, 5.41) is 10.6. The zero-order valence-electron chi connectivity index (χ0n) is 18.0. The van der Waals surface area contributed by atoms with Crippen molar-refractivity contribution in [2.45, 2.75) is 98.6 Å². The van der Waals surface area contributed by atoms with E-state index in [1.807, 2.05) is 13.8 Å². The maximum Gasteiger partial charge on any atom is 0.128 e. The third-order valence-electron chi connectivity index (χ3n) is 6.38. The molecule has 2 atom stereocenters. The van der Waals surface area contributed by atoms with Gasteiger partial charge in [-0.3, -0.25) is 4.90 Å². The van der Waals surface area contributed by atoms with E-state index in [1.54, 1.807) is 0 Å². The molecule has 0 saturated carbocycles. The number of benzene rings is 1. The van der Waals surface area contributed by atoms with Crippen LogP contribution in [0.15, 0.2) is 0 Å². The number of hydrogen-bond donors (Lipinski definition) is 1. The number of ether oxygens (including phenoxy) is 1. The Labute approximate surface area is 160 Å². The van der Waals surface area contributed by atoms with Gasteiger partial charge >= 0.3 is 0 Å². The van der Waals surface area contributed by atoms with Crippen molar-refractivity contribution < 1.29 is 9.84 Å². The van der Waals surface area contributed by atoms with E-state index < -0.39 is 0 Å². The average molecular weight is 362 g/mol. The highest BCUT2D eigenvalue weighted by atomic mass is 16.5. The Morgan fingerprint density at radius 3 is 2.23 bits per heavy atom. The summed E-state index contributed by atoms with van der Waals surface area (Å²) < 4.78 is 6.68. The lowest BCUT2D eigenvalue weighted by Crippen LogP contribution is -2.44. The lowest BCUT2D eigenvalue weighted by atomic mass is 9.80. The van der Waals surface area contributed by atoms with Crippen LogP contribution < -0.4 is 4.74 Å². The Bertz CT molecular complexity index is 621. The molecule has 0 aliphatic carbocycles. The lowest BCUT2D eigenvalue weighted by Gasteiger charge is -2.45. The number of phenolic OH excluding ortho intramolecular Hbond substituents is 1. The fourth-order valence-electron chi connectivity index (χ4n) is 4.52. The molecule has 148 valence electrons. The van der Waals surface area contributed by atoms with Crippen molar-refractivity contribution in [3.63, 3.8) is 0 Å². The maximum absolute atomic E-state index is 10.6. The van der Waals surface area contributed by atoms with Crippen LogP contribution in [-0.4, -0.2) is 28.7 Å². The van der Waals surface area contributed by atoms with Crippen LogP contribution in [0.1, 0.15) is 94.5 Å². The number of aromatic hydroxyl groups is 1. The van der Waals surface area contributed by atoms with Gasteiger partial charge in [0.05, 0.1) is 0 Å². The van der Waals surface area contributed by atoms with E-state index in [9.17, 15) is 5.11 Å². The van der Waals surface area contributed by atoms with Gasteiger partial charge in [-0.05, 0) is 70.3 Å². The van der Waals surface area contributed by atoms with Crippen molar-refractivity contribution in [2.24, 2.45) is 0 Å². The van der Waals surface area contributed by atoms with Crippen LogP contribution in [0.3, 0.4) is 0 Å². The van der Waals surface area contributed by atoms with E-state index in [1.165, 1.54) is 31.2 Å². The van der Waals surface area contributed by atoms with Gasteiger partial charge in [-0.15, -0.1) is 0 Å². The van der Waals surface area contributed by atoms with Gasteiger partial charge in [-0.2, -0.15) is 0 Å². The van der Waals surface area contributed by atoms with Crippen molar-refractivity contribution in [1.82, 2.24) is 4.90 Å². The van der Waals surface area contributed by atoms with Crippen molar-refractivity contribution in [3.8, 4) is 11.5 Å². The van der Waals surface area contributed by atoms with Gasteiger partial charge in [0.1, 0.15) is 17.1 Å². The summed E-state index contributed by atoms with van der Waals surface area (Å²) in [6.45, 7) is 17.2. The Morgan fingerprint density at radius 2 is 1.65 bits per heavy atom. The molecule has 1 aromatic rings. The maximum atomic E-state index is 10.6. The summed E-state index contributed by atoms with van der Waals surface area (Å²) in [6, 6.07) is 0.315. The molecule has 0 fully saturated rings. The molecule has 0 saturated heterocycles. The van der Waals surface area contributed by atoms with Crippen LogP contribution in [0.2, 0.25) is 0 Å². The number of unbranched alkanes of at least 4 members (excludes halogenated alkanes) is 3. The first-order chi connectivity index (χ1) is 12.3. The van der Waals surface area contributed by atoms with Gasteiger partial charge < -0.3 is 9.84 Å². The summed E-state index contributed by atoms with van der Waals surface area (Å²) >= 11 is 0. The zero-order chi connectivity index (χ0) is 19.5. The fourth-order valence-corrected chi connectivity index (χ4v) is 4.52. The molecule has 1 aromatic carbocycles. The highest BCUT2D eigenvalue weighted by molar-refractivity contribution is 5.59. The van der Waals surface area contributed by atoms with Crippen LogP contribution in [0, 0.1) is 20.8 Å². The molecule has 2 rings (SSSR count). The van der Waals surface area contributed by atoms with E-state index in [0.717, 1.165) is 48.4 Å². The molecule has 0 aromatic heterocycles. The normalized spacial score (nSPS) is 22.4. The van der Waals surface area contributed by atoms with Crippen molar-refractivity contribution in [3.05, 3.63) is 22.3 Å². The molecule has 1 aliphatic heterocycles. The van der Waals surface area contributed by atoms with Crippen molar-refractivity contribution in [1.29, 1.82) is 0 Å². The quantitative estimate of drug-likeness (QED) is 0.559. The highest BCUT2D eigenvalue weighted by Gasteiger charge is 2.41. The first kappa shape index (κ1) is 21.1. The van der Waals surface area contributed by atoms with Gasteiger partial charge in [0.15, 0.2) is 0 Å². The average Bonchev–Trinajstić information content (AvgIpc) is 2.62. The number of phenols is 1. The minimum Gasteiger partial charge on any atom is -0.507 e. The smallest absolute Gasteiger partial charge is 0.128 e. The Balaban J connectivity index is 2.46. The van der Waals surface area contributed by atoms with E-state index in [4.69, 9.17) is 4.74 Å². The molecule has 0 bridgehead atoms. The second-order valence-electron chi connectivity index (χ2n) is 8.27. The van der Waals surface area contributed by atoms with Crippen molar-refractivity contribution >= 4 is 0 Å². The Kier molecular flexibility index (Phi) is 7.01. The fraction of sp³-hybridized carbons (Fsp3) is 0.739. The highest BCUT2D eigenvalue weighted by Crippen LogP contribution is 2.50. The molecule has 3 nitrogen and oxygen atoms in total. The van der Waals surface area contributed by atoms with Crippen LogP contribution >= 0.6 is 0 Å². The van der Waals surface area contributed by atoms with E-state index in [2.05, 4.69) is 39.5 Å². The van der Waals surface area contributed by atoms with E-state index in [0.29, 0.717) is 11.8 Å². The first-order valence-corrected chi connectivity index (χ1v) is 10.5. The Hall–Kier alpha value is -1.22. The standard InChI is InChI=1S/C23H39NO2/c1-8-11-12-13-14-23(7)15-19(24(9-2)10-3)20-18(6)21(25)16(4)17(5)22(20)26-23/h19,25H,8-15H2,1-7H3. The number of fused-ring (bicyclic) bond motifs is 1. The molecule has 3 heteroatoms. The second-order valence-corrected chi connectivity index (χ2v) is 8.27. The minimum atomic E-state index is -0.130. The third kappa shape index (κ3) is 4.03. The summed E-state index contributed by atoms with van der Waals surface area (Å²) in [5.74, 6) is 1.47. The molecule has 0 radical (unpaired) electrons. The van der Waals surface area contributed by atoms with Gasteiger partial charge in [0.25, 0.3) is 0 Å². The van der Waals surface area contributed by atoms with Gasteiger partial charge in [-0.1, -0.05) is 40.0 Å². The molecule has 1 N–H and O–H groups in total. The molecule has 26 heavy (non-hydrogen) atoms. The lowest BCUT2D eigenvalue weighted by molar-refractivity contribution is 0.00874. The predicted octanol–water partition coefficient (Wildman–Crippen LogP) is 6.21. The molecule has 0 amide bonds. The third-order valence-corrected chi connectivity index (χ3v) is 6.38. The number of rotatable bonds is 8. The molecule has 0 spiro atoms. The van der Waals surface area contributed by atoms with Gasteiger partial charge in [0.2, 0.25) is 0 Å². The largest absolute Gasteiger partial charge is 0.507 e. The predicted molar refractivity (Wildman–Crippen MR) is 110 cm³/mol. The first-order valence-electron chi connectivity index (χ1n) is 10.5. The van der Waals surface area contributed by atoms with Crippen LogP contribution in [0.5, 0.6) is 11.5 Å². The molecule has 2 unspecified atom stereocenters. The van der Waals surface area contributed by atoms with E-state index >= 15 is 0 Å². The summed E-state index contributed by atoms with van der Waals surface area (Å²) in [5.41, 5.74) is 4.12. The monoisotopic (exact) mass is 361 g/mol. The van der Waals surface area contributed by atoms with E-state index in [-0.39, 0.29) is 5.60 Å². The number of hydrogen-bond acceptors (Lipinski definition) is 3. The summed E-state index contributed by atoms with van der Waals surface area (Å²) in [7, 11) is 0. The molecular formula is C23H39NO2. The minimum absolute atomic E-state index is 0.130. The molecule has 1 aliphatic rings. The topological polar surface area (TPSA) is 32.7 Å². The molecular weight excluding hydrogens is 322 g/mol. The SMILES string of the molecule is CCCCCCC1(C)CC(N(CC)CC)c2c(C)c(O)c(C)c(C)c2O1. The second kappa shape index (κ2) is 8.65.